The molecule has 2 fully saturated rings. The van der Waals surface area contributed by atoms with Gasteiger partial charge >= 0.3 is 0 Å². The molecule has 106 valence electrons. The molecule has 0 amide bonds. The normalized spacial score (nSPS) is 23.4. The highest BCUT2D eigenvalue weighted by molar-refractivity contribution is 5.29. The van der Waals surface area contributed by atoms with Gasteiger partial charge in [0.25, 0.3) is 5.95 Å². The number of piperidine rings is 1. The van der Waals surface area contributed by atoms with Crippen LogP contribution in [0.1, 0.15) is 38.5 Å². The molecule has 1 spiro atoms. The third-order valence-electron chi connectivity index (χ3n) is 4.66. The van der Waals surface area contributed by atoms with Crippen molar-refractivity contribution in [1.29, 1.82) is 0 Å². The van der Waals surface area contributed by atoms with Gasteiger partial charge < -0.3 is 14.3 Å². The van der Waals surface area contributed by atoms with E-state index >= 15 is 0 Å². The minimum atomic E-state index is 0.557. The summed E-state index contributed by atoms with van der Waals surface area (Å²) in [5.74, 6) is 1.57. The summed E-state index contributed by atoms with van der Waals surface area (Å²) in [6, 6.07) is 0. The number of aromatic nitrogens is 2. The molecule has 0 radical (unpaired) electrons. The zero-order valence-corrected chi connectivity index (χ0v) is 12.1. The van der Waals surface area contributed by atoms with Crippen LogP contribution in [0.5, 0.6) is 0 Å². The van der Waals surface area contributed by atoms with Crippen molar-refractivity contribution in [1.82, 2.24) is 15.0 Å². The lowest BCUT2D eigenvalue weighted by atomic mass is 9.78. The Bertz CT molecular complexity index is 423. The molecule has 1 aromatic rings. The number of nitrogens with zero attached hydrogens (tertiary/aromatic N) is 4. The fourth-order valence-corrected chi connectivity index (χ4v) is 3.44. The topological polar surface area (TPSA) is 45.4 Å². The summed E-state index contributed by atoms with van der Waals surface area (Å²) in [4.78, 5) is 9.24. The molecule has 3 heterocycles. The predicted octanol–water partition coefficient (Wildman–Crippen LogP) is 1.94. The van der Waals surface area contributed by atoms with Crippen LogP contribution in [0.15, 0.2) is 4.52 Å². The second-order valence-corrected chi connectivity index (χ2v) is 6.21. The molecule has 2 saturated heterocycles. The van der Waals surface area contributed by atoms with E-state index in [-0.39, 0.29) is 0 Å². The van der Waals surface area contributed by atoms with Gasteiger partial charge in [-0.05, 0) is 49.8 Å². The zero-order valence-electron chi connectivity index (χ0n) is 12.1. The van der Waals surface area contributed by atoms with E-state index in [2.05, 4.69) is 33.9 Å². The maximum absolute atomic E-state index is 5.28. The average Bonchev–Trinajstić information content (AvgIpc) is 2.99. The van der Waals surface area contributed by atoms with Gasteiger partial charge in [0.2, 0.25) is 5.89 Å². The monoisotopic (exact) mass is 264 g/mol. The van der Waals surface area contributed by atoms with E-state index in [0.717, 1.165) is 37.8 Å². The van der Waals surface area contributed by atoms with Gasteiger partial charge in [0, 0.05) is 26.1 Å². The fraction of sp³-hybridized carbons (Fsp3) is 0.857. The molecular formula is C14H24N4O. The Hall–Kier alpha value is -1.10. The maximum atomic E-state index is 5.28. The summed E-state index contributed by atoms with van der Waals surface area (Å²) in [6.07, 6.45) is 5.81. The molecule has 0 unspecified atom stereocenters. The summed E-state index contributed by atoms with van der Waals surface area (Å²) in [6.45, 7) is 6.78. The van der Waals surface area contributed by atoms with E-state index < -0.39 is 0 Å². The molecule has 2 aliphatic rings. The lowest BCUT2D eigenvalue weighted by Crippen LogP contribution is -2.41. The molecule has 0 N–H and O–H groups in total. The Kier molecular flexibility index (Phi) is 3.48. The Morgan fingerprint density at radius 2 is 1.95 bits per heavy atom. The van der Waals surface area contributed by atoms with Crippen molar-refractivity contribution >= 4 is 5.95 Å². The van der Waals surface area contributed by atoms with Crippen molar-refractivity contribution in [2.75, 3.05) is 38.1 Å². The van der Waals surface area contributed by atoms with Gasteiger partial charge in [0.15, 0.2) is 0 Å². The Morgan fingerprint density at radius 3 is 2.58 bits per heavy atom. The van der Waals surface area contributed by atoms with Crippen LogP contribution >= 0.6 is 0 Å². The minimum absolute atomic E-state index is 0.557. The van der Waals surface area contributed by atoms with Crippen molar-refractivity contribution in [3.63, 3.8) is 0 Å². The third-order valence-corrected chi connectivity index (χ3v) is 4.66. The molecule has 5 nitrogen and oxygen atoms in total. The van der Waals surface area contributed by atoms with Crippen LogP contribution in [0.25, 0.3) is 0 Å². The smallest absolute Gasteiger partial charge is 0.266 e. The molecule has 5 heteroatoms. The Balaban J connectivity index is 1.60. The van der Waals surface area contributed by atoms with E-state index in [1.807, 2.05) is 0 Å². The van der Waals surface area contributed by atoms with Gasteiger partial charge in [0.05, 0.1) is 0 Å². The number of hydrogen-bond donors (Lipinski definition) is 0. The molecule has 2 aliphatic heterocycles. The van der Waals surface area contributed by atoms with E-state index in [9.17, 15) is 0 Å². The summed E-state index contributed by atoms with van der Waals surface area (Å²) in [7, 11) is 2.23. The van der Waals surface area contributed by atoms with Crippen molar-refractivity contribution in [3.8, 4) is 0 Å². The first-order valence-electron chi connectivity index (χ1n) is 7.47. The van der Waals surface area contributed by atoms with Gasteiger partial charge in [0.1, 0.15) is 0 Å². The molecule has 0 aromatic carbocycles. The van der Waals surface area contributed by atoms with Crippen LogP contribution in [0.4, 0.5) is 5.95 Å². The fourth-order valence-electron chi connectivity index (χ4n) is 3.44. The standard InChI is InChI=1S/C14H24N4O/c1-3-4-12-15-13(16-19-12)18-9-6-14(7-10-18)5-8-17(2)11-14/h3-11H2,1-2H3. The predicted molar refractivity (Wildman–Crippen MR) is 74.3 cm³/mol. The lowest BCUT2D eigenvalue weighted by molar-refractivity contribution is 0.220. The average molecular weight is 264 g/mol. The van der Waals surface area contributed by atoms with E-state index in [1.165, 1.54) is 32.4 Å². The van der Waals surface area contributed by atoms with E-state index in [0.29, 0.717) is 5.41 Å². The third kappa shape index (κ3) is 2.61. The van der Waals surface area contributed by atoms with Gasteiger partial charge in [-0.25, -0.2) is 0 Å². The van der Waals surface area contributed by atoms with Crippen molar-refractivity contribution < 1.29 is 4.52 Å². The molecule has 0 aliphatic carbocycles. The first-order valence-corrected chi connectivity index (χ1v) is 7.47. The first-order chi connectivity index (χ1) is 9.21. The number of anilines is 1. The SMILES string of the molecule is CCCc1nc(N2CCC3(CCN(C)C3)CC2)no1. The van der Waals surface area contributed by atoms with Crippen LogP contribution in [0.2, 0.25) is 0 Å². The van der Waals surface area contributed by atoms with Crippen molar-refractivity contribution in [2.24, 2.45) is 5.41 Å². The summed E-state index contributed by atoms with van der Waals surface area (Å²) >= 11 is 0. The summed E-state index contributed by atoms with van der Waals surface area (Å²) in [5, 5.41) is 4.12. The van der Waals surface area contributed by atoms with Crippen LogP contribution in [0, 0.1) is 5.41 Å². The molecule has 0 saturated carbocycles. The molecule has 19 heavy (non-hydrogen) atoms. The van der Waals surface area contributed by atoms with Gasteiger partial charge in [-0.1, -0.05) is 6.92 Å². The van der Waals surface area contributed by atoms with E-state index in [1.54, 1.807) is 0 Å². The molecular weight excluding hydrogens is 240 g/mol. The van der Waals surface area contributed by atoms with Gasteiger partial charge in [-0.3, -0.25) is 0 Å². The zero-order chi connectivity index (χ0) is 13.3. The van der Waals surface area contributed by atoms with Crippen molar-refractivity contribution in [3.05, 3.63) is 5.89 Å². The van der Waals surface area contributed by atoms with Crippen LogP contribution in [-0.2, 0) is 6.42 Å². The van der Waals surface area contributed by atoms with Crippen LogP contribution in [-0.4, -0.2) is 48.3 Å². The van der Waals surface area contributed by atoms with E-state index in [4.69, 9.17) is 4.52 Å². The van der Waals surface area contributed by atoms with Gasteiger partial charge in [-0.15, -0.1) is 0 Å². The first kappa shape index (κ1) is 12.9. The highest BCUT2D eigenvalue weighted by Crippen LogP contribution is 2.40. The molecule has 1 aromatic heterocycles. The quantitative estimate of drug-likeness (QED) is 0.835. The Labute approximate surface area is 115 Å². The molecule has 3 rings (SSSR count). The second-order valence-electron chi connectivity index (χ2n) is 6.21. The Morgan fingerprint density at radius 1 is 1.21 bits per heavy atom. The lowest BCUT2D eigenvalue weighted by Gasteiger charge is -2.38. The largest absolute Gasteiger partial charge is 0.338 e. The highest BCUT2D eigenvalue weighted by atomic mass is 16.5. The van der Waals surface area contributed by atoms with Gasteiger partial charge in [-0.2, -0.15) is 4.98 Å². The maximum Gasteiger partial charge on any atom is 0.266 e. The summed E-state index contributed by atoms with van der Waals surface area (Å²) in [5.41, 5.74) is 0.557. The highest BCUT2D eigenvalue weighted by Gasteiger charge is 2.39. The number of rotatable bonds is 3. The van der Waals surface area contributed by atoms with Crippen LogP contribution < -0.4 is 4.90 Å². The molecule has 0 bridgehead atoms. The summed E-state index contributed by atoms with van der Waals surface area (Å²) < 4.78 is 5.28. The number of likely N-dealkylation sites (tertiary alicyclic amines) is 1. The van der Waals surface area contributed by atoms with Crippen molar-refractivity contribution in [2.45, 2.75) is 39.0 Å². The van der Waals surface area contributed by atoms with Crippen LogP contribution in [0.3, 0.4) is 0 Å². The number of hydrogen-bond acceptors (Lipinski definition) is 5. The second kappa shape index (κ2) is 5.12. The number of aryl methyl sites for hydroxylation is 1. The minimum Gasteiger partial charge on any atom is -0.338 e. The molecule has 0 atom stereocenters.